The predicted molar refractivity (Wildman–Crippen MR) is 54.9 cm³/mol. The molecule has 0 aromatic heterocycles. The van der Waals surface area contributed by atoms with Gasteiger partial charge in [0.25, 0.3) is 0 Å². The fourth-order valence-corrected chi connectivity index (χ4v) is 2.17. The number of alkyl halides is 1. The first-order chi connectivity index (χ1) is 7.22. The maximum Gasteiger partial charge on any atom is 0.130 e. The van der Waals surface area contributed by atoms with E-state index in [2.05, 4.69) is 0 Å². The van der Waals surface area contributed by atoms with Gasteiger partial charge in [0.2, 0.25) is 0 Å². The quantitative estimate of drug-likeness (QED) is 0.712. The zero-order valence-corrected chi connectivity index (χ0v) is 8.57. The van der Waals surface area contributed by atoms with Gasteiger partial charge in [-0.25, -0.2) is 4.39 Å². The largest absolute Gasteiger partial charge is 0.496 e. The van der Waals surface area contributed by atoms with Crippen molar-refractivity contribution < 1.29 is 13.9 Å². The van der Waals surface area contributed by atoms with Crippen LogP contribution in [-0.4, -0.2) is 19.6 Å². The average Bonchev–Trinajstić information content (AvgIpc) is 2.24. The Hall–Kier alpha value is -1.38. The Morgan fingerprint density at radius 3 is 2.67 bits per heavy atom. The van der Waals surface area contributed by atoms with Gasteiger partial charge in [-0.15, -0.1) is 0 Å². The molecule has 1 saturated carbocycles. The zero-order chi connectivity index (χ0) is 10.9. The van der Waals surface area contributed by atoms with E-state index in [0.717, 1.165) is 11.8 Å². The highest BCUT2D eigenvalue weighted by Gasteiger charge is 2.47. The standard InChI is InChI=1S/C12H13FO2/c1-15-11-5-3-2-4-10(11)12(8-14)6-9(13)7-12/h2-5,8-9H,6-7H2,1H3. The van der Waals surface area contributed by atoms with Crippen LogP contribution in [0.15, 0.2) is 24.3 Å². The van der Waals surface area contributed by atoms with Crippen LogP contribution in [0.3, 0.4) is 0 Å². The SMILES string of the molecule is COc1ccccc1C1(C=O)CC(F)C1. The molecule has 0 aliphatic heterocycles. The third-order valence-electron chi connectivity index (χ3n) is 3.04. The van der Waals surface area contributed by atoms with Crippen LogP contribution in [0.1, 0.15) is 18.4 Å². The molecule has 15 heavy (non-hydrogen) atoms. The van der Waals surface area contributed by atoms with E-state index in [1.54, 1.807) is 13.2 Å². The van der Waals surface area contributed by atoms with Crippen molar-refractivity contribution in [2.75, 3.05) is 7.11 Å². The van der Waals surface area contributed by atoms with Gasteiger partial charge in [0.05, 0.1) is 12.5 Å². The van der Waals surface area contributed by atoms with Crippen LogP contribution in [-0.2, 0) is 10.2 Å². The minimum Gasteiger partial charge on any atom is -0.496 e. The zero-order valence-electron chi connectivity index (χ0n) is 8.57. The third-order valence-corrected chi connectivity index (χ3v) is 3.04. The van der Waals surface area contributed by atoms with Gasteiger partial charge in [0.1, 0.15) is 18.2 Å². The Labute approximate surface area is 88.1 Å². The molecule has 80 valence electrons. The second-order valence-electron chi connectivity index (χ2n) is 3.98. The molecule has 1 aliphatic rings. The van der Waals surface area contributed by atoms with Gasteiger partial charge < -0.3 is 9.53 Å². The first-order valence-electron chi connectivity index (χ1n) is 4.96. The van der Waals surface area contributed by atoms with Crippen LogP contribution in [0, 0.1) is 0 Å². The lowest BCUT2D eigenvalue weighted by Crippen LogP contribution is -2.44. The molecular weight excluding hydrogens is 195 g/mol. The van der Waals surface area contributed by atoms with Gasteiger partial charge >= 0.3 is 0 Å². The monoisotopic (exact) mass is 208 g/mol. The van der Waals surface area contributed by atoms with E-state index in [4.69, 9.17) is 4.74 Å². The molecule has 1 aromatic rings. The second-order valence-corrected chi connectivity index (χ2v) is 3.98. The van der Waals surface area contributed by atoms with Gasteiger partial charge in [-0.3, -0.25) is 0 Å². The molecule has 3 heteroatoms. The molecule has 0 atom stereocenters. The summed E-state index contributed by atoms with van der Waals surface area (Å²) in [5.41, 5.74) is 0.142. The maximum atomic E-state index is 12.9. The van der Waals surface area contributed by atoms with E-state index in [0.29, 0.717) is 5.75 Å². The summed E-state index contributed by atoms with van der Waals surface area (Å²) in [6.07, 6.45) is 0.536. The molecule has 0 unspecified atom stereocenters. The number of methoxy groups -OCH3 is 1. The Morgan fingerprint density at radius 1 is 1.47 bits per heavy atom. The van der Waals surface area contributed by atoms with Gasteiger partial charge in [0, 0.05) is 5.56 Å². The third kappa shape index (κ3) is 1.52. The molecule has 0 bridgehead atoms. The molecule has 0 spiro atoms. The molecule has 0 saturated heterocycles. The summed E-state index contributed by atoms with van der Waals surface area (Å²) >= 11 is 0. The topological polar surface area (TPSA) is 26.3 Å². The highest BCUT2D eigenvalue weighted by molar-refractivity contribution is 5.72. The van der Waals surface area contributed by atoms with Gasteiger partial charge in [-0.05, 0) is 18.9 Å². The number of hydrogen-bond acceptors (Lipinski definition) is 2. The van der Waals surface area contributed by atoms with Crippen LogP contribution in [0.5, 0.6) is 5.75 Å². The Balaban J connectivity index is 2.39. The number of carbonyl (C=O) groups is 1. The minimum atomic E-state index is -0.861. The van der Waals surface area contributed by atoms with Gasteiger partial charge in [-0.1, -0.05) is 18.2 Å². The van der Waals surface area contributed by atoms with Crippen molar-refractivity contribution in [3.8, 4) is 5.75 Å². The Morgan fingerprint density at radius 2 is 2.13 bits per heavy atom. The van der Waals surface area contributed by atoms with Crippen LogP contribution < -0.4 is 4.74 Å². The predicted octanol–water partition coefficient (Wildman–Crippen LogP) is 2.26. The van der Waals surface area contributed by atoms with Crippen molar-refractivity contribution in [1.29, 1.82) is 0 Å². The number of hydrogen-bond donors (Lipinski definition) is 0. The smallest absolute Gasteiger partial charge is 0.130 e. The van der Waals surface area contributed by atoms with Crippen LogP contribution >= 0.6 is 0 Å². The molecular formula is C12H13FO2. The number of rotatable bonds is 3. The van der Waals surface area contributed by atoms with Crippen LogP contribution in [0.4, 0.5) is 4.39 Å². The summed E-state index contributed by atoms with van der Waals surface area (Å²) in [6, 6.07) is 7.31. The van der Waals surface area contributed by atoms with Crippen LogP contribution in [0.25, 0.3) is 0 Å². The highest BCUT2D eigenvalue weighted by Crippen LogP contribution is 2.46. The summed E-state index contributed by atoms with van der Waals surface area (Å²) < 4.78 is 18.1. The molecule has 0 radical (unpaired) electrons. The molecule has 1 fully saturated rings. The first-order valence-corrected chi connectivity index (χ1v) is 4.96. The summed E-state index contributed by atoms with van der Waals surface area (Å²) in [7, 11) is 1.56. The van der Waals surface area contributed by atoms with E-state index in [1.807, 2.05) is 18.2 Å². The van der Waals surface area contributed by atoms with Gasteiger partial charge in [-0.2, -0.15) is 0 Å². The first kappa shape index (κ1) is 10.1. The number of benzene rings is 1. The van der Waals surface area contributed by atoms with E-state index < -0.39 is 11.6 Å². The van der Waals surface area contributed by atoms with Crippen LogP contribution in [0.2, 0.25) is 0 Å². The van der Waals surface area contributed by atoms with E-state index in [-0.39, 0.29) is 12.8 Å². The molecule has 1 aliphatic carbocycles. The van der Waals surface area contributed by atoms with E-state index in [1.165, 1.54) is 0 Å². The Bertz CT molecular complexity index is 370. The lowest BCUT2D eigenvalue weighted by Gasteiger charge is -2.40. The summed E-state index contributed by atoms with van der Waals surface area (Å²) in [6.45, 7) is 0. The maximum absolute atomic E-state index is 12.9. The normalized spacial score (nSPS) is 29.3. The van der Waals surface area contributed by atoms with Crippen molar-refractivity contribution in [1.82, 2.24) is 0 Å². The fourth-order valence-electron chi connectivity index (χ4n) is 2.17. The number of halogens is 1. The molecule has 0 N–H and O–H groups in total. The summed E-state index contributed by atoms with van der Waals surface area (Å²) in [5.74, 6) is 0.663. The lowest BCUT2D eigenvalue weighted by atomic mass is 9.64. The van der Waals surface area contributed by atoms with Crippen molar-refractivity contribution in [2.24, 2.45) is 0 Å². The molecule has 0 amide bonds. The number of carbonyl (C=O) groups excluding carboxylic acids is 1. The minimum absolute atomic E-state index is 0.275. The molecule has 1 aromatic carbocycles. The average molecular weight is 208 g/mol. The summed E-state index contributed by atoms with van der Waals surface area (Å²) in [4.78, 5) is 11.1. The van der Waals surface area contributed by atoms with Crippen molar-refractivity contribution in [3.05, 3.63) is 29.8 Å². The number of ether oxygens (including phenoxy) is 1. The van der Waals surface area contributed by atoms with E-state index in [9.17, 15) is 9.18 Å². The number of para-hydroxylation sites is 1. The van der Waals surface area contributed by atoms with Crippen molar-refractivity contribution in [2.45, 2.75) is 24.4 Å². The molecule has 0 heterocycles. The van der Waals surface area contributed by atoms with E-state index >= 15 is 0 Å². The van der Waals surface area contributed by atoms with Gasteiger partial charge in [0.15, 0.2) is 0 Å². The number of aldehydes is 1. The lowest BCUT2D eigenvalue weighted by molar-refractivity contribution is -0.117. The summed E-state index contributed by atoms with van der Waals surface area (Å²) in [5, 5.41) is 0. The second kappa shape index (κ2) is 3.65. The highest BCUT2D eigenvalue weighted by atomic mass is 19.1. The van der Waals surface area contributed by atoms with Crippen molar-refractivity contribution in [3.63, 3.8) is 0 Å². The van der Waals surface area contributed by atoms with Crippen molar-refractivity contribution >= 4 is 6.29 Å². The molecule has 2 nitrogen and oxygen atoms in total. The molecule has 2 rings (SSSR count). The fraction of sp³-hybridized carbons (Fsp3) is 0.417. The Kier molecular flexibility index (Phi) is 2.47.